The van der Waals surface area contributed by atoms with Gasteiger partial charge < -0.3 is 19.7 Å². The zero-order valence-corrected chi connectivity index (χ0v) is 27.8. The number of amides is 2. The Bertz CT molecular complexity index is 1950. The van der Waals surface area contributed by atoms with Gasteiger partial charge in [-0.05, 0) is 96.0 Å². The summed E-state index contributed by atoms with van der Waals surface area (Å²) < 4.78 is 16.3. The molecule has 5 heterocycles. The maximum absolute atomic E-state index is 14.0. The number of Topliss-reactive ketones (excluding diaryl/α,β-unsaturated/α-hetero) is 1. The van der Waals surface area contributed by atoms with Crippen molar-refractivity contribution in [1.82, 2.24) is 29.0 Å². The highest BCUT2D eigenvalue weighted by molar-refractivity contribution is 5.94. The fourth-order valence-electron chi connectivity index (χ4n) is 7.64. The minimum Gasteiger partial charge on any atom is -0.483 e. The summed E-state index contributed by atoms with van der Waals surface area (Å²) in [5, 5.41) is 3.26. The van der Waals surface area contributed by atoms with Crippen molar-refractivity contribution in [2.24, 2.45) is 0 Å². The smallest absolute Gasteiger partial charge is 0.415 e. The van der Waals surface area contributed by atoms with Crippen LogP contribution in [0.25, 0.3) is 5.69 Å². The predicted molar refractivity (Wildman–Crippen MR) is 176 cm³/mol. The summed E-state index contributed by atoms with van der Waals surface area (Å²) in [6, 6.07) is 10.1. The van der Waals surface area contributed by atoms with Gasteiger partial charge in [0.25, 0.3) is 0 Å². The van der Waals surface area contributed by atoms with Gasteiger partial charge in [-0.15, -0.1) is 0 Å². The van der Waals surface area contributed by atoms with Crippen molar-refractivity contribution in [2.45, 2.75) is 83.8 Å². The lowest BCUT2D eigenvalue weighted by molar-refractivity contribution is -0.136. The van der Waals surface area contributed by atoms with Crippen molar-refractivity contribution < 1.29 is 23.9 Å². The van der Waals surface area contributed by atoms with E-state index in [-0.39, 0.29) is 42.1 Å². The molecule has 48 heavy (non-hydrogen) atoms. The summed E-state index contributed by atoms with van der Waals surface area (Å²) in [4.78, 5) is 69.4. The van der Waals surface area contributed by atoms with Crippen molar-refractivity contribution in [1.29, 1.82) is 0 Å². The number of piperazine rings is 1. The molecule has 2 aromatic carbocycles. The van der Waals surface area contributed by atoms with Crippen LogP contribution in [0, 0.1) is 0 Å². The molecule has 13 heteroatoms. The zero-order chi connectivity index (χ0) is 34.1. The average molecular weight is 657 g/mol. The Balaban J connectivity index is 1.16. The summed E-state index contributed by atoms with van der Waals surface area (Å²) in [6.45, 7) is 10.9. The molecule has 1 aromatic heterocycles. The highest BCUT2D eigenvalue weighted by Crippen LogP contribution is 2.47. The second-order valence-corrected chi connectivity index (χ2v) is 13.7. The van der Waals surface area contributed by atoms with E-state index in [1.807, 2.05) is 38.7 Å². The van der Waals surface area contributed by atoms with Gasteiger partial charge in [-0.25, -0.2) is 28.3 Å². The molecule has 1 N–H and O–H groups in total. The van der Waals surface area contributed by atoms with Crippen LogP contribution in [-0.2, 0) is 11.3 Å². The predicted octanol–water partition coefficient (Wildman–Crippen LogP) is 2.88. The quantitative estimate of drug-likeness (QED) is 0.335. The SMILES string of the molecule is CC(=O)c1ccc(-n2c(=O)n3n(c2=O)C2C(=CC3)C(C)(C)Oc3cc(OC(=O)N4C(C)CN(C(=O)C5CCCN5)CC4C)ccc32)cc1. The maximum Gasteiger partial charge on any atom is 0.415 e. The van der Waals surface area contributed by atoms with Gasteiger partial charge in [0.1, 0.15) is 23.1 Å². The highest BCUT2D eigenvalue weighted by Gasteiger charge is 2.44. The van der Waals surface area contributed by atoms with Gasteiger partial charge in [-0.1, -0.05) is 6.08 Å². The Morgan fingerprint density at radius 3 is 2.33 bits per heavy atom. The fraction of sp³-hybridized carbons (Fsp3) is 0.457. The van der Waals surface area contributed by atoms with Crippen molar-refractivity contribution in [3.8, 4) is 17.2 Å². The van der Waals surface area contributed by atoms with E-state index in [1.165, 1.54) is 16.3 Å². The monoisotopic (exact) mass is 656 g/mol. The highest BCUT2D eigenvalue weighted by atomic mass is 16.6. The molecule has 2 saturated heterocycles. The van der Waals surface area contributed by atoms with E-state index in [9.17, 15) is 24.0 Å². The number of aromatic nitrogens is 3. The number of hydrogen-bond donors (Lipinski definition) is 1. The lowest BCUT2D eigenvalue weighted by Gasteiger charge is -2.44. The van der Waals surface area contributed by atoms with E-state index in [0.29, 0.717) is 35.7 Å². The number of nitrogens with zero attached hydrogens (tertiary/aromatic N) is 5. The van der Waals surface area contributed by atoms with Crippen LogP contribution < -0.4 is 26.2 Å². The Hall–Kier alpha value is -4.91. The van der Waals surface area contributed by atoms with E-state index in [4.69, 9.17) is 9.47 Å². The Morgan fingerprint density at radius 1 is 0.979 bits per heavy atom. The summed E-state index contributed by atoms with van der Waals surface area (Å²) in [7, 11) is 0. The molecular formula is C35H40N6O7. The van der Waals surface area contributed by atoms with Crippen LogP contribution in [0.1, 0.15) is 69.4 Å². The van der Waals surface area contributed by atoms with Gasteiger partial charge in [0.05, 0.1) is 30.4 Å². The number of allylic oxidation sites excluding steroid dienone is 1. The molecule has 13 nitrogen and oxygen atoms in total. The molecule has 2 fully saturated rings. The van der Waals surface area contributed by atoms with Crippen LogP contribution in [0.5, 0.6) is 11.5 Å². The third kappa shape index (κ3) is 5.16. The van der Waals surface area contributed by atoms with Gasteiger partial charge in [0.2, 0.25) is 5.91 Å². The zero-order valence-electron chi connectivity index (χ0n) is 27.8. The largest absolute Gasteiger partial charge is 0.483 e. The number of ketones is 1. The van der Waals surface area contributed by atoms with E-state index < -0.39 is 29.1 Å². The van der Waals surface area contributed by atoms with Gasteiger partial charge in [-0.3, -0.25) is 14.5 Å². The Labute approximate surface area is 277 Å². The topological polar surface area (TPSA) is 137 Å². The molecule has 252 valence electrons. The van der Waals surface area contributed by atoms with Crippen molar-refractivity contribution in [2.75, 3.05) is 19.6 Å². The number of benzene rings is 2. The molecule has 2 amide bonds. The standard InChI is InChI=1S/C35H40N6O7/c1-20-18-37(31(43)28-7-6-15-36-28)19-21(2)39(20)34(46)47-25-12-13-26-29(17-25)48-35(4,5)27-14-16-38-32(44)40(33(45)41(38)30(26)27)24-10-8-23(9-11-24)22(3)42/h8-14,17,20-21,28,30,36H,6-7,15-16,18-19H2,1-5H3. The number of nitrogens with one attached hydrogen (secondary N) is 1. The first-order valence-electron chi connectivity index (χ1n) is 16.5. The van der Waals surface area contributed by atoms with Crippen molar-refractivity contribution in [3.63, 3.8) is 0 Å². The molecule has 7 rings (SSSR count). The molecule has 4 aliphatic heterocycles. The molecule has 0 bridgehead atoms. The summed E-state index contributed by atoms with van der Waals surface area (Å²) >= 11 is 0. The first-order valence-corrected chi connectivity index (χ1v) is 16.5. The van der Waals surface area contributed by atoms with Crippen LogP contribution in [0.2, 0.25) is 0 Å². The first kappa shape index (κ1) is 31.7. The van der Waals surface area contributed by atoms with Crippen LogP contribution in [-0.4, -0.2) is 84.9 Å². The molecule has 0 aliphatic carbocycles. The van der Waals surface area contributed by atoms with Gasteiger partial charge in [0, 0.05) is 30.3 Å². The van der Waals surface area contributed by atoms with Crippen molar-refractivity contribution in [3.05, 3.63) is 86.2 Å². The minimum absolute atomic E-state index is 0.0792. The summed E-state index contributed by atoms with van der Waals surface area (Å²) in [5.41, 5.74) is 0.467. The number of fused-ring (bicyclic) bond motifs is 5. The minimum atomic E-state index is -0.841. The summed E-state index contributed by atoms with van der Waals surface area (Å²) in [6.07, 6.45) is 3.20. The molecule has 4 aliphatic rings. The van der Waals surface area contributed by atoms with E-state index in [1.54, 1.807) is 47.4 Å². The maximum atomic E-state index is 14.0. The molecule has 0 saturated carbocycles. The van der Waals surface area contributed by atoms with E-state index in [0.717, 1.165) is 29.5 Å². The number of hydrogen-bond acceptors (Lipinski definition) is 8. The number of ether oxygens (including phenoxy) is 2. The fourth-order valence-corrected chi connectivity index (χ4v) is 7.64. The average Bonchev–Trinajstić information content (AvgIpc) is 3.66. The molecule has 3 aromatic rings. The Kier molecular flexibility index (Phi) is 7.69. The number of carbonyl (C=O) groups excluding carboxylic acids is 3. The molecule has 4 unspecified atom stereocenters. The van der Waals surface area contributed by atoms with Gasteiger partial charge >= 0.3 is 17.5 Å². The molecule has 0 spiro atoms. The lowest BCUT2D eigenvalue weighted by atomic mass is 9.83. The normalized spacial score (nSPS) is 24.1. The van der Waals surface area contributed by atoms with Crippen LogP contribution >= 0.6 is 0 Å². The Morgan fingerprint density at radius 2 is 1.69 bits per heavy atom. The van der Waals surface area contributed by atoms with Crippen molar-refractivity contribution >= 4 is 17.8 Å². The van der Waals surface area contributed by atoms with Gasteiger partial charge in [-0.2, -0.15) is 0 Å². The molecule has 0 radical (unpaired) electrons. The second kappa shape index (κ2) is 11.7. The third-order valence-corrected chi connectivity index (χ3v) is 9.96. The molecule has 4 atom stereocenters. The van der Waals surface area contributed by atoms with Crippen LogP contribution in [0.3, 0.4) is 0 Å². The molecular weight excluding hydrogens is 616 g/mol. The number of carbonyl (C=O) groups is 3. The van der Waals surface area contributed by atoms with E-state index >= 15 is 0 Å². The van der Waals surface area contributed by atoms with Crippen LogP contribution in [0.15, 0.2) is 63.7 Å². The lowest BCUT2D eigenvalue weighted by Crippen LogP contribution is -2.62. The van der Waals surface area contributed by atoms with Crippen LogP contribution in [0.4, 0.5) is 4.79 Å². The van der Waals surface area contributed by atoms with Gasteiger partial charge in [0.15, 0.2) is 5.78 Å². The summed E-state index contributed by atoms with van der Waals surface area (Å²) in [5.74, 6) is 0.672. The van der Waals surface area contributed by atoms with E-state index in [2.05, 4.69) is 5.32 Å². The second-order valence-electron chi connectivity index (χ2n) is 13.7. The third-order valence-electron chi connectivity index (χ3n) is 9.96. The first-order chi connectivity index (χ1) is 22.9. The number of rotatable bonds is 4.